The summed E-state index contributed by atoms with van der Waals surface area (Å²) in [7, 11) is 0. The second-order valence-electron chi connectivity index (χ2n) is 3.70. The fourth-order valence-corrected chi connectivity index (χ4v) is 2.26. The van der Waals surface area contributed by atoms with E-state index in [0.717, 1.165) is 0 Å². The van der Waals surface area contributed by atoms with Crippen LogP contribution in [0.15, 0.2) is 40.5 Å². The molecular weight excluding hydrogens is 250 g/mol. The van der Waals surface area contributed by atoms with E-state index in [9.17, 15) is 5.11 Å². The molecule has 0 radical (unpaired) electrons. The summed E-state index contributed by atoms with van der Waals surface area (Å²) >= 11 is 1.65. The van der Waals surface area contributed by atoms with Gasteiger partial charge in [-0.3, -0.25) is 4.98 Å². The fourth-order valence-electron chi connectivity index (χ4n) is 1.56. The number of rotatable bonds is 3. The molecule has 0 saturated carbocycles. The first kappa shape index (κ1) is 10.9. The molecule has 18 heavy (non-hydrogen) atoms. The van der Waals surface area contributed by atoms with Gasteiger partial charge in [-0.25, -0.2) is 0 Å². The van der Waals surface area contributed by atoms with Crippen LogP contribution in [0.2, 0.25) is 0 Å². The van der Waals surface area contributed by atoms with Crippen LogP contribution in [0.25, 0.3) is 11.5 Å². The number of nitrogens with zero attached hydrogens (tertiary/aromatic N) is 3. The lowest BCUT2D eigenvalue weighted by molar-refractivity contribution is 0.423. The Morgan fingerprint density at radius 2 is 2.28 bits per heavy atom. The highest BCUT2D eigenvalue weighted by atomic mass is 32.1. The van der Waals surface area contributed by atoms with Crippen LogP contribution in [0.5, 0.6) is 5.75 Å². The molecule has 0 aliphatic rings. The van der Waals surface area contributed by atoms with E-state index < -0.39 is 0 Å². The van der Waals surface area contributed by atoms with Gasteiger partial charge >= 0.3 is 0 Å². The van der Waals surface area contributed by atoms with E-state index in [1.165, 1.54) is 17.1 Å². The molecule has 0 spiro atoms. The summed E-state index contributed by atoms with van der Waals surface area (Å²) in [6.07, 6.45) is 3.57. The number of thiophene rings is 1. The van der Waals surface area contributed by atoms with E-state index in [4.69, 9.17) is 4.52 Å². The van der Waals surface area contributed by atoms with Gasteiger partial charge in [-0.15, -0.1) is 11.3 Å². The van der Waals surface area contributed by atoms with Gasteiger partial charge in [-0.1, -0.05) is 11.2 Å². The maximum Gasteiger partial charge on any atom is 0.259 e. The third-order valence-corrected chi connectivity index (χ3v) is 3.23. The second kappa shape index (κ2) is 4.58. The standard InChI is InChI=1S/C12H9N3O2S/c16-9-4-8(6-13-7-9)12-14-11(15-17-12)5-10-2-1-3-18-10/h1-4,6-7,16H,5H2. The lowest BCUT2D eigenvalue weighted by Gasteiger charge is -1.93. The normalized spacial score (nSPS) is 10.7. The van der Waals surface area contributed by atoms with E-state index >= 15 is 0 Å². The van der Waals surface area contributed by atoms with Crippen molar-refractivity contribution < 1.29 is 9.63 Å². The van der Waals surface area contributed by atoms with Crippen LogP contribution in [0.4, 0.5) is 0 Å². The third kappa shape index (κ3) is 2.23. The van der Waals surface area contributed by atoms with Crippen molar-refractivity contribution in [1.29, 1.82) is 0 Å². The SMILES string of the molecule is Oc1cncc(-c2nc(Cc3cccs3)no2)c1. The highest BCUT2D eigenvalue weighted by molar-refractivity contribution is 7.09. The van der Waals surface area contributed by atoms with Gasteiger partial charge in [0.2, 0.25) is 0 Å². The largest absolute Gasteiger partial charge is 0.506 e. The van der Waals surface area contributed by atoms with Crippen molar-refractivity contribution >= 4 is 11.3 Å². The van der Waals surface area contributed by atoms with Gasteiger partial charge in [0.25, 0.3) is 5.89 Å². The van der Waals surface area contributed by atoms with Crippen molar-refractivity contribution in [3.05, 3.63) is 46.7 Å². The Hall–Kier alpha value is -2.21. The van der Waals surface area contributed by atoms with Gasteiger partial charge in [0.05, 0.1) is 11.8 Å². The number of aromatic hydroxyl groups is 1. The summed E-state index contributed by atoms with van der Waals surface area (Å²) in [5.74, 6) is 1.06. The van der Waals surface area contributed by atoms with Gasteiger partial charge in [-0.05, 0) is 17.5 Å². The first-order chi connectivity index (χ1) is 8.81. The minimum absolute atomic E-state index is 0.0745. The van der Waals surface area contributed by atoms with E-state index in [0.29, 0.717) is 23.7 Å². The minimum Gasteiger partial charge on any atom is -0.506 e. The van der Waals surface area contributed by atoms with Gasteiger partial charge < -0.3 is 9.63 Å². The molecule has 3 rings (SSSR count). The molecule has 0 atom stereocenters. The van der Waals surface area contributed by atoms with Crippen LogP contribution in [-0.2, 0) is 6.42 Å². The molecule has 0 amide bonds. The fraction of sp³-hybridized carbons (Fsp3) is 0.0833. The molecule has 0 aliphatic heterocycles. The van der Waals surface area contributed by atoms with Gasteiger partial charge in [0.1, 0.15) is 5.75 Å². The van der Waals surface area contributed by atoms with Crippen LogP contribution in [0.1, 0.15) is 10.7 Å². The molecule has 5 nitrogen and oxygen atoms in total. The van der Waals surface area contributed by atoms with E-state index in [2.05, 4.69) is 15.1 Å². The van der Waals surface area contributed by atoms with E-state index in [1.54, 1.807) is 17.5 Å². The third-order valence-electron chi connectivity index (χ3n) is 2.35. The van der Waals surface area contributed by atoms with Crippen LogP contribution in [0.3, 0.4) is 0 Å². The average molecular weight is 259 g/mol. The Balaban J connectivity index is 1.85. The molecular formula is C12H9N3O2S. The smallest absolute Gasteiger partial charge is 0.259 e. The first-order valence-corrected chi connectivity index (χ1v) is 6.18. The van der Waals surface area contributed by atoms with Crippen molar-refractivity contribution in [1.82, 2.24) is 15.1 Å². The van der Waals surface area contributed by atoms with Gasteiger partial charge in [-0.2, -0.15) is 4.98 Å². The predicted octanol–water partition coefficient (Wildman–Crippen LogP) is 2.49. The maximum atomic E-state index is 9.34. The van der Waals surface area contributed by atoms with Gasteiger partial charge in [0.15, 0.2) is 5.82 Å². The highest BCUT2D eigenvalue weighted by Gasteiger charge is 2.10. The lowest BCUT2D eigenvalue weighted by Crippen LogP contribution is -1.87. The molecule has 1 N–H and O–H groups in total. The van der Waals surface area contributed by atoms with Crippen molar-refractivity contribution in [2.75, 3.05) is 0 Å². The molecule has 0 fully saturated rings. The first-order valence-electron chi connectivity index (χ1n) is 5.30. The Morgan fingerprint density at radius 1 is 1.33 bits per heavy atom. The van der Waals surface area contributed by atoms with Crippen molar-refractivity contribution in [3.8, 4) is 17.2 Å². The van der Waals surface area contributed by atoms with Crippen molar-refractivity contribution in [3.63, 3.8) is 0 Å². The zero-order chi connectivity index (χ0) is 12.4. The molecule has 0 bridgehead atoms. The summed E-state index contributed by atoms with van der Waals surface area (Å²) in [6.45, 7) is 0. The molecule has 90 valence electrons. The second-order valence-corrected chi connectivity index (χ2v) is 4.74. The average Bonchev–Trinajstić information content (AvgIpc) is 3.01. The van der Waals surface area contributed by atoms with Crippen LogP contribution < -0.4 is 0 Å². The van der Waals surface area contributed by atoms with Crippen molar-refractivity contribution in [2.45, 2.75) is 6.42 Å². The molecule has 3 heterocycles. The minimum atomic E-state index is 0.0745. The van der Waals surface area contributed by atoms with Crippen LogP contribution in [0, 0.1) is 0 Å². The van der Waals surface area contributed by atoms with Gasteiger partial charge in [0, 0.05) is 17.5 Å². The van der Waals surface area contributed by atoms with Crippen molar-refractivity contribution in [2.24, 2.45) is 0 Å². The zero-order valence-corrected chi connectivity index (χ0v) is 10.1. The monoisotopic (exact) mass is 259 g/mol. The summed E-state index contributed by atoms with van der Waals surface area (Å²) in [5, 5.41) is 15.3. The van der Waals surface area contributed by atoms with Crippen LogP contribution in [-0.4, -0.2) is 20.2 Å². The molecule has 0 saturated heterocycles. The molecule has 3 aromatic rings. The number of hydrogen-bond donors (Lipinski definition) is 1. The van der Waals surface area contributed by atoms with E-state index in [1.807, 2.05) is 17.5 Å². The molecule has 3 aromatic heterocycles. The summed E-state index contributed by atoms with van der Waals surface area (Å²) < 4.78 is 5.15. The maximum absolute atomic E-state index is 9.34. The Labute approximate surface area is 107 Å². The Kier molecular flexibility index (Phi) is 2.77. The Bertz CT molecular complexity index is 649. The lowest BCUT2D eigenvalue weighted by atomic mass is 10.3. The topological polar surface area (TPSA) is 72.0 Å². The molecule has 0 aromatic carbocycles. The zero-order valence-electron chi connectivity index (χ0n) is 9.28. The summed E-state index contributed by atoms with van der Waals surface area (Å²) in [6, 6.07) is 5.55. The molecule has 0 aliphatic carbocycles. The van der Waals surface area contributed by atoms with E-state index in [-0.39, 0.29) is 5.75 Å². The number of aromatic nitrogens is 3. The summed E-state index contributed by atoms with van der Waals surface area (Å²) in [5.41, 5.74) is 0.611. The molecule has 6 heteroatoms. The number of pyridine rings is 1. The Morgan fingerprint density at radius 3 is 3.06 bits per heavy atom. The quantitative estimate of drug-likeness (QED) is 0.782. The summed E-state index contributed by atoms with van der Waals surface area (Å²) in [4.78, 5) is 9.32. The molecule has 0 unspecified atom stereocenters. The predicted molar refractivity (Wildman–Crippen MR) is 66.3 cm³/mol. The highest BCUT2D eigenvalue weighted by Crippen LogP contribution is 2.21. The van der Waals surface area contributed by atoms with Crippen LogP contribution >= 0.6 is 11.3 Å². The number of hydrogen-bond acceptors (Lipinski definition) is 6.